The molecule has 1 rings (SSSR count). The third-order valence-electron chi connectivity index (χ3n) is 2.27. The van der Waals surface area contributed by atoms with E-state index in [-0.39, 0.29) is 0 Å². The van der Waals surface area contributed by atoms with Crippen molar-refractivity contribution in [1.29, 1.82) is 0 Å². The number of nitrogens with two attached hydrogens (primary N) is 1. The van der Waals surface area contributed by atoms with E-state index in [9.17, 15) is 0 Å². The molecule has 1 nitrogen and oxygen atoms in total. The zero-order valence-electron chi connectivity index (χ0n) is 8.93. The van der Waals surface area contributed by atoms with Crippen molar-refractivity contribution in [2.45, 2.75) is 13.8 Å². The molecule has 0 aliphatic carbocycles. The van der Waals surface area contributed by atoms with Crippen LogP contribution in [-0.2, 0) is 0 Å². The summed E-state index contributed by atoms with van der Waals surface area (Å²) < 4.78 is 0. The van der Waals surface area contributed by atoms with Gasteiger partial charge in [0.15, 0.2) is 0 Å². The monoisotopic (exact) mass is 243 g/mol. The van der Waals surface area contributed by atoms with Crippen molar-refractivity contribution in [2.75, 3.05) is 6.54 Å². The van der Waals surface area contributed by atoms with Gasteiger partial charge in [0, 0.05) is 6.54 Å². The van der Waals surface area contributed by atoms with Crippen molar-refractivity contribution in [3.8, 4) is 0 Å². The van der Waals surface area contributed by atoms with Gasteiger partial charge in [0.1, 0.15) is 0 Å². The highest BCUT2D eigenvalue weighted by molar-refractivity contribution is 6.42. The molecule has 0 heterocycles. The van der Waals surface area contributed by atoms with Crippen molar-refractivity contribution in [2.24, 2.45) is 11.7 Å². The third kappa shape index (κ3) is 3.53. The molecule has 0 saturated heterocycles. The van der Waals surface area contributed by atoms with Gasteiger partial charge in [0.25, 0.3) is 0 Å². The lowest BCUT2D eigenvalue weighted by atomic mass is 10.0. The first-order valence-electron chi connectivity index (χ1n) is 4.90. The average Bonchev–Trinajstić information content (AvgIpc) is 2.19. The summed E-state index contributed by atoms with van der Waals surface area (Å²) in [7, 11) is 0. The van der Waals surface area contributed by atoms with E-state index in [1.807, 2.05) is 12.1 Å². The van der Waals surface area contributed by atoms with E-state index >= 15 is 0 Å². The quantitative estimate of drug-likeness (QED) is 0.854. The second-order valence-corrected chi connectivity index (χ2v) is 4.57. The molecule has 0 atom stereocenters. The standard InChI is InChI=1S/C12H15Cl2N/c1-8(2)10(7-15)5-9-3-4-11(13)12(14)6-9/h3-6,8H,7,15H2,1-2H3. The van der Waals surface area contributed by atoms with Crippen molar-refractivity contribution >= 4 is 29.3 Å². The maximum Gasteiger partial charge on any atom is 0.0598 e. The van der Waals surface area contributed by atoms with E-state index in [0.29, 0.717) is 22.5 Å². The molecule has 0 spiro atoms. The Morgan fingerprint density at radius 1 is 1.33 bits per heavy atom. The summed E-state index contributed by atoms with van der Waals surface area (Å²) in [6.07, 6.45) is 2.06. The van der Waals surface area contributed by atoms with Crippen LogP contribution in [0, 0.1) is 5.92 Å². The van der Waals surface area contributed by atoms with Crippen LogP contribution in [-0.4, -0.2) is 6.54 Å². The van der Waals surface area contributed by atoms with Crippen LogP contribution in [0.4, 0.5) is 0 Å². The van der Waals surface area contributed by atoms with Crippen molar-refractivity contribution in [3.63, 3.8) is 0 Å². The Labute approximate surface area is 101 Å². The lowest BCUT2D eigenvalue weighted by molar-refractivity contribution is 0.753. The number of halogens is 2. The molecule has 0 amide bonds. The van der Waals surface area contributed by atoms with E-state index in [1.54, 1.807) is 6.07 Å². The Hall–Kier alpha value is -0.500. The fourth-order valence-corrected chi connectivity index (χ4v) is 1.58. The van der Waals surface area contributed by atoms with Crippen LogP contribution in [0.3, 0.4) is 0 Å². The van der Waals surface area contributed by atoms with Crippen LogP contribution in [0.5, 0.6) is 0 Å². The summed E-state index contributed by atoms with van der Waals surface area (Å²) in [5, 5.41) is 1.15. The summed E-state index contributed by atoms with van der Waals surface area (Å²) >= 11 is 11.8. The van der Waals surface area contributed by atoms with Gasteiger partial charge in [-0.3, -0.25) is 0 Å². The molecule has 0 fully saturated rings. The molecule has 82 valence electrons. The average molecular weight is 244 g/mol. The molecule has 2 N–H and O–H groups in total. The first-order valence-corrected chi connectivity index (χ1v) is 5.65. The van der Waals surface area contributed by atoms with Gasteiger partial charge in [-0.15, -0.1) is 0 Å². The molecule has 0 unspecified atom stereocenters. The summed E-state index contributed by atoms with van der Waals surface area (Å²) in [5.74, 6) is 0.449. The van der Waals surface area contributed by atoms with Crippen LogP contribution in [0.25, 0.3) is 6.08 Å². The lowest BCUT2D eigenvalue weighted by Crippen LogP contribution is -2.08. The number of hydrogen-bond acceptors (Lipinski definition) is 1. The summed E-state index contributed by atoms with van der Waals surface area (Å²) in [4.78, 5) is 0. The van der Waals surface area contributed by atoms with Gasteiger partial charge in [-0.1, -0.05) is 54.8 Å². The highest BCUT2D eigenvalue weighted by Gasteiger charge is 2.02. The number of rotatable bonds is 3. The van der Waals surface area contributed by atoms with Gasteiger partial charge >= 0.3 is 0 Å². The van der Waals surface area contributed by atoms with E-state index < -0.39 is 0 Å². The molecule has 0 saturated carbocycles. The van der Waals surface area contributed by atoms with Crippen LogP contribution in [0.2, 0.25) is 10.0 Å². The predicted octanol–water partition coefficient (Wildman–Crippen LogP) is 3.99. The topological polar surface area (TPSA) is 26.0 Å². The lowest BCUT2D eigenvalue weighted by Gasteiger charge is -2.08. The van der Waals surface area contributed by atoms with Crippen molar-refractivity contribution < 1.29 is 0 Å². The van der Waals surface area contributed by atoms with Gasteiger partial charge in [-0.25, -0.2) is 0 Å². The largest absolute Gasteiger partial charge is 0.327 e. The molecule has 3 heteroatoms. The molecule has 0 bridgehead atoms. The Bertz CT molecular complexity index is 370. The van der Waals surface area contributed by atoms with E-state index in [2.05, 4.69) is 19.9 Å². The minimum atomic E-state index is 0.449. The van der Waals surface area contributed by atoms with E-state index in [0.717, 1.165) is 5.56 Å². The highest BCUT2D eigenvalue weighted by atomic mass is 35.5. The van der Waals surface area contributed by atoms with Gasteiger partial charge < -0.3 is 5.73 Å². The maximum absolute atomic E-state index is 5.93. The predicted molar refractivity (Wildman–Crippen MR) is 68.3 cm³/mol. The summed E-state index contributed by atoms with van der Waals surface area (Å²) in [6.45, 7) is 4.81. The van der Waals surface area contributed by atoms with Crippen LogP contribution >= 0.6 is 23.2 Å². The zero-order chi connectivity index (χ0) is 11.4. The van der Waals surface area contributed by atoms with Crippen molar-refractivity contribution in [3.05, 3.63) is 39.4 Å². The number of hydrogen-bond donors (Lipinski definition) is 1. The Morgan fingerprint density at radius 2 is 2.00 bits per heavy atom. The van der Waals surface area contributed by atoms with Gasteiger partial charge in [-0.2, -0.15) is 0 Å². The van der Waals surface area contributed by atoms with Crippen molar-refractivity contribution in [1.82, 2.24) is 0 Å². The molecular weight excluding hydrogens is 229 g/mol. The van der Waals surface area contributed by atoms with Crippen LogP contribution in [0.15, 0.2) is 23.8 Å². The number of benzene rings is 1. The highest BCUT2D eigenvalue weighted by Crippen LogP contribution is 2.24. The minimum Gasteiger partial charge on any atom is -0.327 e. The maximum atomic E-state index is 5.93. The molecule has 0 radical (unpaired) electrons. The van der Waals surface area contributed by atoms with Gasteiger partial charge in [-0.05, 0) is 23.6 Å². The molecule has 0 aromatic heterocycles. The van der Waals surface area contributed by atoms with Crippen LogP contribution < -0.4 is 5.73 Å². The second kappa shape index (κ2) is 5.55. The summed E-state index contributed by atoms with van der Waals surface area (Å²) in [5.41, 5.74) is 7.90. The smallest absolute Gasteiger partial charge is 0.0598 e. The molecule has 15 heavy (non-hydrogen) atoms. The molecular formula is C12H15Cl2N. The van der Waals surface area contributed by atoms with Gasteiger partial charge in [0.2, 0.25) is 0 Å². The zero-order valence-corrected chi connectivity index (χ0v) is 10.4. The fraction of sp³-hybridized carbons (Fsp3) is 0.333. The Kier molecular flexibility index (Phi) is 4.65. The molecule has 0 aliphatic heterocycles. The van der Waals surface area contributed by atoms with Gasteiger partial charge in [0.05, 0.1) is 10.0 Å². The fourth-order valence-electron chi connectivity index (χ4n) is 1.28. The molecule has 1 aromatic rings. The van der Waals surface area contributed by atoms with E-state index in [1.165, 1.54) is 5.57 Å². The third-order valence-corrected chi connectivity index (χ3v) is 3.01. The molecule has 0 aliphatic rings. The summed E-state index contributed by atoms with van der Waals surface area (Å²) in [6, 6.07) is 5.58. The normalized spacial score (nSPS) is 12.3. The molecule has 1 aromatic carbocycles. The van der Waals surface area contributed by atoms with E-state index in [4.69, 9.17) is 28.9 Å². The first kappa shape index (κ1) is 12.6. The Balaban J connectivity index is 3.01. The van der Waals surface area contributed by atoms with Crippen LogP contribution in [0.1, 0.15) is 19.4 Å². The first-order chi connectivity index (χ1) is 7.04. The minimum absolute atomic E-state index is 0.449. The Morgan fingerprint density at radius 3 is 2.47 bits per heavy atom. The second-order valence-electron chi connectivity index (χ2n) is 3.75. The SMILES string of the molecule is CC(C)C(=Cc1ccc(Cl)c(Cl)c1)CN.